The van der Waals surface area contributed by atoms with Gasteiger partial charge in [0, 0.05) is 29.1 Å². The number of rotatable bonds is 4. The molecule has 1 aliphatic rings. The Balaban J connectivity index is 1.91. The molecule has 7 heteroatoms. The molecule has 0 bridgehead atoms. The number of hydrogen-bond acceptors (Lipinski definition) is 4. The molecule has 0 radical (unpaired) electrons. The smallest absolute Gasteiger partial charge is 0.251 e. The van der Waals surface area contributed by atoms with Gasteiger partial charge in [-0.15, -0.1) is 0 Å². The second-order valence-corrected chi connectivity index (χ2v) is 7.80. The van der Waals surface area contributed by atoms with Crippen molar-refractivity contribution in [2.45, 2.75) is 38.3 Å². The molecule has 0 saturated heterocycles. The van der Waals surface area contributed by atoms with Crippen LogP contribution >= 0.6 is 0 Å². The number of amidine groups is 1. The van der Waals surface area contributed by atoms with Crippen LogP contribution in [-0.2, 0) is 5.54 Å². The van der Waals surface area contributed by atoms with E-state index in [2.05, 4.69) is 15.3 Å². The van der Waals surface area contributed by atoms with E-state index in [9.17, 15) is 13.6 Å². The Kier molecular flexibility index (Phi) is 4.97. The number of aliphatic imine (C=N–C) groups is 1. The number of aromatic amines is 1. The highest BCUT2D eigenvalue weighted by Crippen LogP contribution is 2.40. The number of aromatic nitrogens is 2. The van der Waals surface area contributed by atoms with Crippen LogP contribution in [-0.4, -0.2) is 21.8 Å². The number of halogens is 2. The van der Waals surface area contributed by atoms with Crippen LogP contribution in [0, 0.1) is 11.8 Å². The first-order valence-corrected chi connectivity index (χ1v) is 9.78. The van der Waals surface area contributed by atoms with Crippen LogP contribution in [0.2, 0.25) is 0 Å². The Morgan fingerprint density at radius 1 is 1.07 bits per heavy atom. The summed E-state index contributed by atoms with van der Waals surface area (Å²) in [5, 5.41) is 3.39. The Morgan fingerprint density at radius 3 is 2.40 bits per heavy atom. The lowest BCUT2D eigenvalue weighted by Gasteiger charge is -2.31. The summed E-state index contributed by atoms with van der Waals surface area (Å²) in [5.41, 5.74) is 1.77. The van der Waals surface area contributed by atoms with E-state index in [1.165, 1.54) is 24.4 Å². The van der Waals surface area contributed by atoms with Crippen LogP contribution < -0.4 is 10.9 Å². The molecule has 0 spiro atoms. The summed E-state index contributed by atoms with van der Waals surface area (Å²) in [7, 11) is 0. The van der Waals surface area contributed by atoms with E-state index in [1.807, 2.05) is 26.8 Å². The highest BCUT2D eigenvalue weighted by molar-refractivity contribution is 6.01. The fourth-order valence-electron chi connectivity index (χ4n) is 3.93. The molecule has 30 heavy (non-hydrogen) atoms. The number of nitrogens with one attached hydrogen (secondary N) is 2. The van der Waals surface area contributed by atoms with Crippen LogP contribution in [0.3, 0.4) is 0 Å². The van der Waals surface area contributed by atoms with Gasteiger partial charge in [0.25, 0.3) is 5.56 Å². The van der Waals surface area contributed by atoms with Gasteiger partial charge < -0.3 is 10.3 Å². The molecule has 4 rings (SSSR count). The van der Waals surface area contributed by atoms with Gasteiger partial charge in [-0.3, -0.25) is 4.79 Å². The van der Waals surface area contributed by atoms with E-state index in [1.54, 1.807) is 24.4 Å². The Hall–Kier alpha value is -3.35. The third kappa shape index (κ3) is 3.30. The Bertz CT molecular complexity index is 1110. The van der Waals surface area contributed by atoms with Crippen LogP contribution in [0.4, 0.5) is 8.78 Å². The molecule has 2 aromatic heterocycles. The SMILES string of the molecule is CC(C)c1cc(C2=N[C@@](c3ccc(F)cc3)(c3ccc(F)nc3)[C@H](C)N2)c[nH]c1=O. The van der Waals surface area contributed by atoms with Gasteiger partial charge in [-0.1, -0.05) is 32.0 Å². The van der Waals surface area contributed by atoms with E-state index in [-0.39, 0.29) is 23.3 Å². The summed E-state index contributed by atoms with van der Waals surface area (Å²) in [6, 6.07) is 10.6. The summed E-state index contributed by atoms with van der Waals surface area (Å²) in [6.07, 6.45) is 3.08. The van der Waals surface area contributed by atoms with Gasteiger partial charge in [0.15, 0.2) is 0 Å². The van der Waals surface area contributed by atoms with Gasteiger partial charge in [0.05, 0.1) is 6.04 Å². The van der Waals surface area contributed by atoms with Gasteiger partial charge in [-0.05, 0) is 42.7 Å². The van der Waals surface area contributed by atoms with Gasteiger partial charge >= 0.3 is 0 Å². The van der Waals surface area contributed by atoms with Crippen molar-refractivity contribution >= 4 is 5.84 Å². The zero-order valence-corrected chi connectivity index (χ0v) is 16.9. The molecule has 2 N–H and O–H groups in total. The van der Waals surface area contributed by atoms with Crippen molar-refractivity contribution in [1.29, 1.82) is 0 Å². The number of hydrogen-bond donors (Lipinski definition) is 2. The minimum atomic E-state index is -0.933. The molecule has 0 unspecified atom stereocenters. The predicted octanol–water partition coefficient (Wildman–Crippen LogP) is 3.85. The maximum absolute atomic E-state index is 13.6. The summed E-state index contributed by atoms with van der Waals surface area (Å²) >= 11 is 0. The molecule has 0 saturated carbocycles. The lowest BCUT2D eigenvalue weighted by Crippen LogP contribution is -2.41. The molecule has 1 aliphatic heterocycles. The van der Waals surface area contributed by atoms with Gasteiger partial charge in [-0.2, -0.15) is 4.39 Å². The first kappa shape index (κ1) is 19.9. The van der Waals surface area contributed by atoms with Crippen LogP contribution in [0.25, 0.3) is 0 Å². The van der Waals surface area contributed by atoms with Crippen molar-refractivity contribution in [1.82, 2.24) is 15.3 Å². The first-order chi connectivity index (χ1) is 14.3. The van der Waals surface area contributed by atoms with Crippen molar-refractivity contribution < 1.29 is 8.78 Å². The lowest BCUT2D eigenvalue weighted by molar-refractivity contribution is 0.449. The monoisotopic (exact) mass is 408 g/mol. The van der Waals surface area contributed by atoms with Crippen LogP contribution in [0.5, 0.6) is 0 Å². The molecule has 154 valence electrons. The fraction of sp³-hybridized carbons (Fsp3) is 0.261. The van der Waals surface area contributed by atoms with Crippen molar-refractivity contribution in [3.05, 3.63) is 99.2 Å². The molecule has 0 aliphatic carbocycles. The second kappa shape index (κ2) is 7.48. The first-order valence-electron chi connectivity index (χ1n) is 9.78. The standard InChI is InChI=1S/C23H22F2N4O/c1-13(2)19-10-15(11-27-22(19)30)21-28-14(3)23(29-21,16-4-7-18(24)8-5-16)17-6-9-20(25)26-12-17/h4-14H,1-3H3,(H,27,30)(H,28,29)/t14-,23-/m0/s1. The molecule has 0 fully saturated rings. The number of H-pyrrole nitrogens is 1. The average Bonchev–Trinajstić information content (AvgIpc) is 3.07. The fourth-order valence-corrected chi connectivity index (χ4v) is 3.93. The van der Waals surface area contributed by atoms with Gasteiger partial charge in [0.2, 0.25) is 5.95 Å². The van der Waals surface area contributed by atoms with E-state index in [4.69, 9.17) is 4.99 Å². The molecule has 3 aromatic rings. The lowest BCUT2D eigenvalue weighted by atomic mass is 9.79. The largest absolute Gasteiger partial charge is 0.364 e. The maximum Gasteiger partial charge on any atom is 0.251 e. The third-order valence-corrected chi connectivity index (χ3v) is 5.55. The summed E-state index contributed by atoms with van der Waals surface area (Å²) in [5.74, 6) is -0.292. The predicted molar refractivity (Wildman–Crippen MR) is 112 cm³/mol. The highest BCUT2D eigenvalue weighted by Gasteiger charge is 2.45. The number of nitrogens with zero attached hydrogens (tertiary/aromatic N) is 2. The molecule has 5 nitrogen and oxygen atoms in total. The van der Waals surface area contributed by atoms with E-state index in [0.717, 1.165) is 11.1 Å². The molecular weight excluding hydrogens is 386 g/mol. The Morgan fingerprint density at radius 2 is 1.77 bits per heavy atom. The molecule has 3 heterocycles. The Labute approximate surface area is 172 Å². The zero-order valence-electron chi connectivity index (χ0n) is 16.9. The molecular formula is C23H22F2N4O. The minimum absolute atomic E-state index is 0.0521. The summed E-state index contributed by atoms with van der Waals surface area (Å²) in [4.78, 5) is 23.7. The minimum Gasteiger partial charge on any atom is -0.364 e. The molecule has 0 amide bonds. The van der Waals surface area contributed by atoms with Crippen molar-refractivity contribution in [3.63, 3.8) is 0 Å². The van der Waals surface area contributed by atoms with Crippen molar-refractivity contribution in [3.8, 4) is 0 Å². The quantitative estimate of drug-likeness (QED) is 0.644. The molecule has 1 aromatic carbocycles. The average molecular weight is 408 g/mol. The summed E-state index contributed by atoms with van der Waals surface area (Å²) < 4.78 is 27.1. The second-order valence-electron chi connectivity index (χ2n) is 7.80. The van der Waals surface area contributed by atoms with E-state index >= 15 is 0 Å². The number of benzene rings is 1. The highest BCUT2D eigenvalue weighted by atomic mass is 19.1. The third-order valence-electron chi connectivity index (χ3n) is 5.55. The van der Waals surface area contributed by atoms with Crippen molar-refractivity contribution in [2.24, 2.45) is 4.99 Å². The van der Waals surface area contributed by atoms with Gasteiger partial charge in [0.1, 0.15) is 17.2 Å². The van der Waals surface area contributed by atoms with E-state index in [0.29, 0.717) is 17.0 Å². The van der Waals surface area contributed by atoms with Crippen LogP contribution in [0.1, 0.15) is 48.9 Å². The zero-order chi connectivity index (χ0) is 21.5. The summed E-state index contributed by atoms with van der Waals surface area (Å²) in [6.45, 7) is 5.86. The number of pyridine rings is 2. The normalized spacial score (nSPS) is 20.9. The van der Waals surface area contributed by atoms with Gasteiger partial charge in [-0.25, -0.2) is 14.4 Å². The van der Waals surface area contributed by atoms with E-state index < -0.39 is 11.5 Å². The molecule has 2 atom stereocenters. The van der Waals surface area contributed by atoms with Crippen molar-refractivity contribution in [2.75, 3.05) is 0 Å². The van der Waals surface area contributed by atoms with Crippen LogP contribution in [0.15, 0.2) is 64.6 Å². The maximum atomic E-state index is 13.6. The topological polar surface area (TPSA) is 70.1 Å².